The highest BCUT2D eigenvalue weighted by molar-refractivity contribution is 14.0. The number of piperazine rings is 1. The third kappa shape index (κ3) is 6.77. The number of nitrogens with zero attached hydrogens (tertiary/aromatic N) is 3. The van der Waals surface area contributed by atoms with E-state index in [2.05, 4.69) is 56.5 Å². The Hall–Kier alpha value is -2.00. The molecular formula is C23H33IN4O2. The Bertz CT molecular complexity index is 773. The summed E-state index contributed by atoms with van der Waals surface area (Å²) in [5.74, 6) is 1.85. The van der Waals surface area contributed by atoms with Gasteiger partial charge in [-0.25, -0.2) is 0 Å². The van der Waals surface area contributed by atoms with E-state index in [4.69, 9.17) is 9.47 Å². The molecule has 0 saturated carbocycles. The van der Waals surface area contributed by atoms with Crippen LogP contribution < -0.4 is 15.0 Å². The van der Waals surface area contributed by atoms with Gasteiger partial charge in [0, 0.05) is 52.1 Å². The summed E-state index contributed by atoms with van der Waals surface area (Å²) in [4.78, 5) is 9.21. The first-order chi connectivity index (χ1) is 14.2. The third-order valence-corrected chi connectivity index (χ3v) is 5.18. The molecule has 0 spiro atoms. The number of anilines is 1. The summed E-state index contributed by atoms with van der Waals surface area (Å²) in [5, 5.41) is 3.50. The molecule has 1 fully saturated rings. The minimum absolute atomic E-state index is 0. The summed E-state index contributed by atoms with van der Waals surface area (Å²) < 4.78 is 10.7. The van der Waals surface area contributed by atoms with Crippen molar-refractivity contribution in [2.24, 2.45) is 4.99 Å². The molecule has 7 heteroatoms. The van der Waals surface area contributed by atoms with Gasteiger partial charge in [0.25, 0.3) is 0 Å². The van der Waals surface area contributed by atoms with Crippen LogP contribution in [0.15, 0.2) is 53.5 Å². The average molecular weight is 524 g/mol. The summed E-state index contributed by atoms with van der Waals surface area (Å²) in [6.07, 6.45) is 0. The minimum Gasteiger partial charge on any atom is -0.497 e. The maximum atomic E-state index is 5.45. The van der Waals surface area contributed by atoms with E-state index in [9.17, 15) is 0 Å². The van der Waals surface area contributed by atoms with E-state index >= 15 is 0 Å². The van der Waals surface area contributed by atoms with Crippen LogP contribution in [-0.2, 0) is 17.9 Å². The number of hydrogen-bond donors (Lipinski definition) is 1. The quantitative estimate of drug-likeness (QED) is 0.340. The summed E-state index contributed by atoms with van der Waals surface area (Å²) >= 11 is 0. The molecule has 6 nitrogen and oxygen atoms in total. The average Bonchev–Trinajstić information content (AvgIpc) is 2.79. The lowest BCUT2D eigenvalue weighted by Crippen LogP contribution is -2.52. The standard InChI is InChI=1S/C23H32N4O2.HI/c1-4-29-18-20-7-5-19(6-8-20)17-25-23(24-2)27-15-13-26(14-16-27)21-9-11-22(28-3)12-10-21;/h5-12H,4,13-18H2,1-3H3,(H,24,25);1H. The molecule has 2 aromatic carbocycles. The third-order valence-electron chi connectivity index (χ3n) is 5.18. The van der Waals surface area contributed by atoms with E-state index in [0.717, 1.165) is 51.0 Å². The van der Waals surface area contributed by atoms with E-state index < -0.39 is 0 Å². The minimum atomic E-state index is 0. The highest BCUT2D eigenvalue weighted by atomic mass is 127. The van der Waals surface area contributed by atoms with Gasteiger partial charge in [0.15, 0.2) is 5.96 Å². The van der Waals surface area contributed by atoms with Crippen LogP contribution in [0.4, 0.5) is 5.69 Å². The number of ether oxygens (including phenoxy) is 2. The number of nitrogens with one attached hydrogen (secondary N) is 1. The van der Waals surface area contributed by atoms with Gasteiger partial charge in [0.2, 0.25) is 0 Å². The Balaban J connectivity index is 0.00000320. The van der Waals surface area contributed by atoms with E-state index in [1.165, 1.54) is 16.8 Å². The van der Waals surface area contributed by atoms with Gasteiger partial charge in [-0.2, -0.15) is 0 Å². The second kappa shape index (κ2) is 12.6. The molecule has 0 unspecified atom stereocenters. The van der Waals surface area contributed by atoms with Crippen LogP contribution in [0.25, 0.3) is 0 Å². The molecule has 2 aromatic rings. The first-order valence-corrected chi connectivity index (χ1v) is 10.2. The van der Waals surface area contributed by atoms with E-state index in [1.54, 1.807) is 7.11 Å². The molecule has 0 atom stereocenters. The Morgan fingerprint density at radius 1 is 0.967 bits per heavy atom. The highest BCUT2D eigenvalue weighted by Crippen LogP contribution is 2.20. The number of rotatable bonds is 7. The number of aliphatic imine (C=N–C) groups is 1. The van der Waals surface area contributed by atoms with Crippen LogP contribution >= 0.6 is 24.0 Å². The van der Waals surface area contributed by atoms with Crippen molar-refractivity contribution < 1.29 is 9.47 Å². The van der Waals surface area contributed by atoms with E-state index in [0.29, 0.717) is 6.61 Å². The van der Waals surface area contributed by atoms with Crippen molar-refractivity contribution >= 4 is 35.6 Å². The molecule has 0 amide bonds. The number of guanidine groups is 1. The van der Waals surface area contributed by atoms with Gasteiger partial charge in [-0.05, 0) is 42.3 Å². The molecule has 0 radical (unpaired) electrons. The first kappa shape index (κ1) is 24.3. The van der Waals surface area contributed by atoms with Crippen LogP contribution in [0.3, 0.4) is 0 Å². The van der Waals surface area contributed by atoms with Crippen molar-refractivity contribution in [3.63, 3.8) is 0 Å². The number of hydrogen-bond acceptors (Lipinski definition) is 4. The van der Waals surface area contributed by atoms with Gasteiger partial charge in [-0.1, -0.05) is 24.3 Å². The normalized spacial score (nSPS) is 14.3. The molecule has 0 bridgehead atoms. The topological polar surface area (TPSA) is 49.3 Å². The lowest BCUT2D eigenvalue weighted by atomic mass is 10.1. The fourth-order valence-corrected chi connectivity index (χ4v) is 3.46. The highest BCUT2D eigenvalue weighted by Gasteiger charge is 2.19. The maximum absolute atomic E-state index is 5.45. The van der Waals surface area contributed by atoms with Gasteiger partial charge in [-0.3, -0.25) is 4.99 Å². The van der Waals surface area contributed by atoms with Crippen LogP contribution in [0.2, 0.25) is 0 Å². The second-order valence-corrected chi connectivity index (χ2v) is 7.03. The van der Waals surface area contributed by atoms with Crippen LogP contribution in [0.1, 0.15) is 18.1 Å². The Morgan fingerprint density at radius 3 is 2.17 bits per heavy atom. The van der Waals surface area contributed by atoms with Crippen molar-refractivity contribution in [1.82, 2.24) is 10.2 Å². The zero-order valence-electron chi connectivity index (χ0n) is 18.1. The molecule has 0 aliphatic carbocycles. The summed E-state index contributed by atoms with van der Waals surface area (Å²) in [7, 11) is 3.55. The molecule has 1 aliphatic rings. The molecule has 1 saturated heterocycles. The van der Waals surface area contributed by atoms with Crippen molar-refractivity contribution in [2.75, 3.05) is 51.8 Å². The van der Waals surface area contributed by atoms with Crippen LogP contribution in [-0.4, -0.2) is 57.8 Å². The van der Waals surface area contributed by atoms with Crippen LogP contribution in [0, 0.1) is 0 Å². The van der Waals surface area contributed by atoms with Gasteiger partial charge >= 0.3 is 0 Å². The van der Waals surface area contributed by atoms with Crippen molar-refractivity contribution in [3.8, 4) is 5.75 Å². The molecular weight excluding hydrogens is 491 g/mol. The van der Waals surface area contributed by atoms with Crippen LogP contribution in [0.5, 0.6) is 5.75 Å². The Labute approximate surface area is 197 Å². The van der Waals surface area contributed by atoms with E-state index in [-0.39, 0.29) is 24.0 Å². The predicted octanol–water partition coefficient (Wildman–Crippen LogP) is 3.75. The first-order valence-electron chi connectivity index (χ1n) is 10.2. The zero-order chi connectivity index (χ0) is 20.5. The molecule has 1 heterocycles. The number of benzene rings is 2. The Morgan fingerprint density at radius 2 is 1.60 bits per heavy atom. The fourth-order valence-electron chi connectivity index (χ4n) is 3.46. The van der Waals surface area contributed by atoms with E-state index in [1.807, 2.05) is 26.1 Å². The fraction of sp³-hybridized carbons (Fsp3) is 0.435. The lowest BCUT2D eigenvalue weighted by molar-refractivity contribution is 0.134. The molecule has 1 aliphatic heterocycles. The van der Waals surface area contributed by atoms with Crippen molar-refractivity contribution in [1.29, 1.82) is 0 Å². The molecule has 164 valence electrons. The number of methoxy groups -OCH3 is 1. The SMILES string of the molecule is CCOCc1ccc(CNC(=NC)N2CCN(c3ccc(OC)cc3)CC2)cc1.I. The number of halogens is 1. The zero-order valence-corrected chi connectivity index (χ0v) is 20.5. The molecule has 3 rings (SSSR count). The largest absolute Gasteiger partial charge is 0.497 e. The smallest absolute Gasteiger partial charge is 0.194 e. The summed E-state index contributed by atoms with van der Waals surface area (Å²) in [5.41, 5.74) is 3.68. The molecule has 30 heavy (non-hydrogen) atoms. The van der Waals surface area contributed by atoms with Crippen molar-refractivity contribution in [2.45, 2.75) is 20.1 Å². The van der Waals surface area contributed by atoms with Gasteiger partial charge in [0.05, 0.1) is 13.7 Å². The van der Waals surface area contributed by atoms with Gasteiger partial charge in [0.1, 0.15) is 5.75 Å². The van der Waals surface area contributed by atoms with Crippen molar-refractivity contribution in [3.05, 3.63) is 59.7 Å². The maximum Gasteiger partial charge on any atom is 0.194 e. The summed E-state index contributed by atoms with van der Waals surface area (Å²) in [6, 6.07) is 16.8. The lowest BCUT2D eigenvalue weighted by Gasteiger charge is -2.37. The molecule has 1 N–H and O–H groups in total. The predicted molar refractivity (Wildman–Crippen MR) is 134 cm³/mol. The molecule has 0 aromatic heterocycles. The van der Waals surface area contributed by atoms with Gasteiger partial charge in [-0.15, -0.1) is 24.0 Å². The summed E-state index contributed by atoms with van der Waals surface area (Å²) in [6.45, 7) is 8.02. The monoisotopic (exact) mass is 524 g/mol. The Kier molecular flexibility index (Phi) is 10.2. The van der Waals surface area contributed by atoms with Gasteiger partial charge < -0.3 is 24.6 Å². The second-order valence-electron chi connectivity index (χ2n) is 7.03.